The third-order valence-corrected chi connectivity index (χ3v) is 2.81. The van der Waals surface area contributed by atoms with Gasteiger partial charge >= 0.3 is 11.9 Å². The van der Waals surface area contributed by atoms with Crippen LogP contribution in [0.2, 0.25) is 0 Å². The van der Waals surface area contributed by atoms with E-state index >= 15 is 0 Å². The molecule has 0 saturated carbocycles. The Labute approximate surface area is 142 Å². The lowest BCUT2D eigenvalue weighted by Crippen LogP contribution is -2.20. The Morgan fingerprint density at radius 1 is 1.12 bits per heavy atom. The zero-order valence-electron chi connectivity index (χ0n) is 14.4. The SMILES string of the molecule is C=C(C)C(=O)O.CCOC(C)/C(Oc1ccccc1)=C(/C)C(=O)O. The van der Waals surface area contributed by atoms with Gasteiger partial charge in [0, 0.05) is 12.2 Å². The highest BCUT2D eigenvalue weighted by atomic mass is 16.5. The van der Waals surface area contributed by atoms with Crippen molar-refractivity contribution in [3.05, 3.63) is 53.8 Å². The van der Waals surface area contributed by atoms with Gasteiger partial charge in [0.15, 0.2) is 0 Å². The average Bonchev–Trinajstić information content (AvgIpc) is 2.53. The molecule has 24 heavy (non-hydrogen) atoms. The van der Waals surface area contributed by atoms with Crippen LogP contribution in [0.5, 0.6) is 5.75 Å². The Morgan fingerprint density at radius 3 is 2.00 bits per heavy atom. The number of aliphatic carboxylic acids is 2. The molecule has 0 radical (unpaired) electrons. The summed E-state index contributed by atoms with van der Waals surface area (Å²) in [6.07, 6.45) is -0.397. The van der Waals surface area contributed by atoms with Crippen molar-refractivity contribution in [3.8, 4) is 5.75 Å². The van der Waals surface area contributed by atoms with Crippen LogP contribution in [0.15, 0.2) is 53.8 Å². The van der Waals surface area contributed by atoms with Gasteiger partial charge in [-0.15, -0.1) is 0 Å². The lowest BCUT2D eigenvalue weighted by atomic mass is 10.2. The fraction of sp³-hybridized carbons (Fsp3) is 0.333. The number of carboxylic acid groups (broad SMARTS) is 2. The Kier molecular flexibility index (Phi) is 9.82. The van der Waals surface area contributed by atoms with Gasteiger partial charge in [-0.05, 0) is 39.8 Å². The van der Waals surface area contributed by atoms with Crippen molar-refractivity contribution in [2.75, 3.05) is 6.61 Å². The lowest BCUT2D eigenvalue weighted by molar-refractivity contribution is -0.133. The molecule has 0 spiro atoms. The average molecular weight is 336 g/mol. The molecule has 6 heteroatoms. The van der Waals surface area contributed by atoms with Gasteiger partial charge in [0.05, 0.1) is 5.57 Å². The van der Waals surface area contributed by atoms with Crippen LogP contribution < -0.4 is 4.74 Å². The molecule has 6 nitrogen and oxygen atoms in total. The van der Waals surface area contributed by atoms with E-state index in [1.165, 1.54) is 13.8 Å². The summed E-state index contributed by atoms with van der Waals surface area (Å²) < 4.78 is 11.0. The van der Waals surface area contributed by atoms with Crippen molar-refractivity contribution in [1.82, 2.24) is 0 Å². The minimum Gasteiger partial charge on any atom is -0.478 e. The quantitative estimate of drug-likeness (QED) is 0.585. The van der Waals surface area contributed by atoms with Crippen molar-refractivity contribution in [3.63, 3.8) is 0 Å². The van der Waals surface area contributed by atoms with Gasteiger partial charge in [-0.3, -0.25) is 0 Å². The molecule has 0 aliphatic carbocycles. The largest absolute Gasteiger partial charge is 0.478 e. The predicted octanol–water partition coefficient (Wildman–Crippen LogP) is 3.50. The summed E-state index contributed by atoms with van der Waals surface area (Å²) in [5.74, 6) is -1.02. The van der Waals surface area contributed by atoms with Gasteiger partial charge < -0.3 is 19.7 Å². The molecule has 0 bridgehead atoms. The maximum absolute atomic E-state index is 11.0. The molecule has 1 rings (SSSR count). The number of rotatable bonds is 7. The van der Waals surface area contributed by atoms with Crippen LogP contribution in [0.3, 0.4) is 0 Å². The van der Waals surface area contributed by atoms with Gasteiger partial charge in [-0.1, -0.05) is 24.8 Å². The molecular formula is C18H24O6. The maximum Gasteiger partial charge on any atom is 0.334 e. The van der Waals surface area contributed by atoms with Crippen molar-refractivity contribution >= 4 is 11.9 Å². The first-order chi connectivity index (χ1) is 11.2. The van der Waals surface area contributed by atoms with Crippen LogP contribution in [-0.2, 0) is 14.3 Å². The highest BCUT2D eigenvalue weighted by Gasteiger charge is 2.18. The second-order valence-corrected chi connectivity index (χ2v) is 4.89. The molecule has 1 atom stereocenters. The second kappa shape index (κ2) is 11.0. The molecule has 0 fully saturated rings. The van der Waals surface area contributed by atoms with Crippen LogP contribution in [0.25, 0.3) is 0 Å². The minimum absolute atomic E-state index is 0.153. The van der Waals surface area contributed by atoms with Crippen LogP contribution in [0.4, 0.5) is 0 Å². The van der Waals surface area contributed by atoms with Crippen LogP contribution in [-0.4, -0.2) is 34.9 Å². The van der Waals surface area contributed by atoms with Crippen molar-refractivity contribution in [2.45, 2.75) is 33.8 Å². The summed E-state index contributed by atoms with van der Waals surface area (Å²) in [7, 11) is 0. The summed E-state index contributed by atoms with van der Waals surface area (Å²) in [5.41, 5.74) is 0.329. The van der Waals surface area contributed by atoms with Gasteiger partial charge in [-0.25, -0.2) is 9.59 Å². The van der Waals surface area contributed by atoms with Crippen molar-refractivity contribution in [2.24, 2.45) is 0 Å². The first kappa shape index (κ1) is 21.4. The van der Waals surface area contributed by atoms with E-state index in [1.807, 2.05) is 25.1 Å². The zero-order chi connectivity index (χ0) is 18.7. The van der Waals surface area contributed by atoms with Crippen LogP contribution in [0.1, 0.15) is 27.7 Å². The molecule has 0 amide bonds. The van der Waals surface area contributed by atoms with Crippen LogP contribution in [0, 0.1) is 0 Å². The number of hydrogen-bond acceptors (Lipinski definition) is 4. The van der Waals surface area contributed by atoms with Gasteiger partial charge in [0.1, 0.15) is 17.6 Å². The van der Waals surface area contributed by atoms with E-state index in [0.29, 0.717) is 18.1 Å². The highest BCUT2D eigenvalue weighted by Crippen LogP contribution is 2.19. The monoisotopic (exact) mass is 336 g/mol. The first-order valence-electron chi connectivity index (χ1n) is 7.38. The molecule has 2 N–H and O–H groups in total. The molecule has 132 valence electrons. The fourth-order valence-corrected chi connectivity index (χ4v) is 1.51. The number of carbonyl (C=O) groups is 2. The Hall–Kier alpha value is -2.60. The molecule has 0 aliphatic rings. The Morgan fingerprint density at radius 2 is 1.62 bits per heavy atom. The van der Waals surface area contributed by atoms with Crippen LogP contribution >= 0.6 is 0 Å². The predicted molar refractivity (Wildman–Crippen MR) is 90.9 cm³/mol. The second-order valence-electron chi connectivity index (χ2n) is 4.89. The molecule has 0 saturated heterocycles. The van der Waals surface area contributed by atoms with E-state index in [1.54, 1.807) is 19.1 Å². The van der Waals surface area contributed by atoms with Crippen molar-refractivity contribution < 1.29 is 29.3 Å². The molecule has 0 heterocycles. The highest BCUT2D eigenvalue weighted by molar-refractivity contribution is 5.86. The maximum atomic E-state index is 11.0. The van der Waals surface area contributed by atoms with Gasteiger partial charge in [-0.2, -0.15) is 0 Å². The standard InChI is InChI=1S/C14H18O4.C4H6O2/c1-4-17-11(3)13(10(2)14(15)16)18-12-8-6-5-7-9-12;1-3(2)4(5)6/h5-9,11H,4H2,1-3H3,(H,15,16);1H2,2H3,(H,5,6)/b13-10+;. The van der Waals surface area contributed by atoms with E-state index in [-0.39, 0.29) is 11.1 Å². The van der Waals surface area contributed by atoms with Gasteiger partial charge in [0.25, 0.3) is 0 Å². The topological polar surface area (TPSA) is 93.1 Å². The molecule has 1 aromatic rings. The normalized spacial score (nSPS) is 12.2. The van der Waals surface area contributed by atoms with Crippen molar-refractivity contribution in [1.29, 1.82) is 0 Å². The molecule has 0 aromatic heterocycles. The lowest BCUT2D eigenvalue weighted by Gasteiger charge is -2.18. The summed E-state index contributed by atoms with van der Waals surface area (Å²) in [4.78, 5) is 20.6. The smallest absolute Gasteiger partial charge is 0.334 e. The van der Waals surface area contributed by atoms with E-state index in [0.717, 1.165) is 0 Å². The molecular weight excluding hydrogens is 312 g/mol. The molecule has 0 aliphatic heterocycles. The number of carboxylic acids is 2. The van der Waals surface area contributed by atoms with Gasteiger partial charge in [0.2, 0.25) is 0 Å². The van der Waals surface area contributed by atoms with E-state index in [9.17, 15) is 9.59 Å². The number of para-hydroxylation sites is 1. The summed E-state index contributed by atoms with van der Waals surface area (Å²) >= 11 is 0. The number of ether oxygens (including phenoxy) is 2. The Bertz CT molecular complexity index is 577. The third-order valence-electron chi connectivity index (χ3n) is 2.81. The number of benzene rings is 1. The molecule has 1 unspecified atom stereocenters. The zero-order valence-corrected chi connectivity index (χ0v) is 14.4. The number of hydrogen-bond donors (Lipinski definition) is 2. The van der Waals surface area contributed by atoms with E-state index in [4.69, 9.17) is 19.7 Å². The third kappa shape index (κ3) is 8.14. The molecule has 1 aromatic carbocycles. The first-order valence-corrected chi connectivity index (χ1v) is 7.38. The Balaban J connectivity index is 0.000000754. The summed E-state index contributed by atoms with van der Waals surface area (Å²) in [6, 6.07) is 9.07. The van der Waals surface area contributed by atoms with E-state index < -0.39 is 18.0 Å². The summed E-state index contributed by atoms with van der Waals surface area (Å²) in [6.45, 7) is 10.2. The fourth-order valence-electron chi connectivity index (χ4n) is 1.51. The van der Waals surface area contributed by atoms with E-state index in [2.05, 4.69) is 6.58 Å². The summed E-state index contributed by atoms with van der Waals surface area (Å²) in [5, 5.41) is 16.9. The minimum atomic E-state index is -1.01.